The van der Waals surface area contributed by atoms with Gasteiger partial charge in [0.1, 0.15) is 18.4 Å². The van der Waals surface area contributed by atoms with Crippen LogP contribution < -0.4 is 9.62 Å². The predicted octanol–water partition coefficient (Wildman–Crippen LogP) is 5.35. The van der Waals surface area contributed by atoms with E-state index in [4.69, 9.17) is 0 Å². The maximum absolute atomic E-state index is 14.0. The molecule has 0 radical (unpaired) electrons. The highest BCUT2D eigenvalue weighted by Crippen LogP contribution is 2.25. The van der Waals surface area contributed by atoms with E-state index >= 15 is 0 Å². The van der Waals surface area contributed by atoms with E-state index in [-0.39, 0.29) is 17.3 Å². The Labute approximate surface area is 243 Å². The standard InChI is InChI=1S/C29H33FIN3O4S/c1-5-26(28(36)32-29(2,3)4)33(19-21-11-13-22(30)14-12-21)27(35)20-34(24-17-15-23(31)16-18-24)39(37,38)25-9-7-6-8-10-25/h6-18,26H,5,19-20H2,1-4H3,(H,32,36)/t26-/m0/s1. The van der Waals surface area contributed by atoms with Crippen LogP contribution in [0.5, 0.6) is 0 Å². The Kier molecular flexibility index (Phi) is 10.1. The zero-order valence-corrected chi connectivity index (χ0v) is 25.4. The lowest BCUT2D eigenvalue weighted by molar-refractivity contribution is -0.141. The highest BCUT2D eigenvalue weighted by molar-refractivity contribution is 14.1. The van der Waals surface area contributed by atoms with Crippen LogP contribution in [0.3, 0.4) is 0 Å². The molecule has 0 fully saturated rings. The molecule has 1 N–H and O–H groups in total. The molecule has 10 heteroatoms. The van der Waals surface area contributed by atoms with Crippen LogP contribution in [0.1, 0.15) is 39.7 Å². The molecule has 3 rings (SSSR count). The molecule has 3 aromatic rings. The third-order valence-electron chi connectivity index (χ3n) is 5.87. The molecule has 0 aliphatic carbocycles. The molecule has 0 heterocycles. The summed E-state index contributed by atoms with van der Waals surface area (Å²) in [7, 11) is -4.12. The average molecular weight is 666 g/mol. The fourth-order valence-corrected chi connectivity index (χ4v) is 5.81. The minimum Gasteiger partial charge on any atom is -0.350 e. The zero-order valence-electron chi connectivity index (χ0n) is 22.4. The summed E-state index contributed by atoms with van der Waals surface area (Å²) in [4.78, 5) is 28.7. The molecule has 0 bridgehead atoms. The van der Waals surface area contributed by atoms with E-state index in [2.05, 4.69) is 27.9 Å². The largest absolute Gasteiger partial charge is 0.350 e. The Balaban J connectivity index is 2.05. The van der Waals surface area contributed by atoms with Crippen LogP contribution in [0.2, 0.25) is 0 Å². The molecule has 208 valence electrons. The molecule has 39 heavy (non-hydrogen) atoms. The van der Waals surface area contributed by atoms with Crippen LogP contribution in [-0.4, -0.2) is 43.3 Å². The van der Waals surface area contributed by atoms with Gasteiger partial charge >= 0.3 is 0 Å². The van der Waals surface area contributed by atoms with Gasteiger partial charge in [0.25, 0.3) is 10.0 Å². The number of hydrogen-bond acceptors (Lipinski definition) is 4. The number of rotatable bonds is 10. The quantitative estimate of drug-likeness (QED) is 0.296. The second-order valence-corrected chi connectivity index (χ2v) is 13.2. The van der Waals surface area contributed by atoms with Crippen molar-refractivity contribution in [3.05, 3.63) is 93.8 Å². The molecule has 7 nitrogen and oxygen atoms in total. The van der Waals surface area contributed by atoms with Gasteiger partial charge in [-0.3, -0.25) is 13.9 Å². The molecule has 3 aromatic carbocycles. The number of hydrogen-bond donors (Lipinski definition) is 1. The number of amides is 2. The summed E-state index contributed by atoms with van der Waals surface area (Å²) in [6.45, 7) is 6.78. The molecule has 0 unspecified atom stereocenters. The minimum absolute atomic E-state index is 0.00109. The molecular formula is C29H33FIN3O4S. The normalized spacial score (nSPS) is 12.5. The number of benzene rings is 3. The topological polar surface area (TPSA) is 86.8 Å². The van der Waals surface area contributed by atoms with Crippen molar-refractivity contribution >= 4 is 50.1 Å². The van der Waals surface area contributed by atoms with E-state index in [9.17, 15) is 22.4 Å². The smallest absolute Gasteiger partial charge is 0.264 e. The van der Waals surface area contributed by atoms with Crippen molar-refractivity contribution in [2.24, 2.45) is 0 Å². The van der Waals surface area contributed by atoms with Gasteiger partial charge < -0.3 is 10.2 Å². The number of nitrogens with one attached hydrogen (secondary N) is 1. The first-order valence-corrected chi connectivity index (χ1v) is 15.0. The summed E-state index contributed by atoms with van der Waals surface area (Å²) in [6.07, 6.45) is 0.295. The molecule has 0 saturated heterocycles. The highest BCUT2D eigenvalue weighted by atomic mass is 127. The highest BCUT2D eigenvalue weighted by Gasteiger charge is 2.34. The Morgan fingerprint density at radius 1 is 0.949 bits per heavy atom. The number of carbonyl (C=O) groups is 2. The number of carbonyl (C=O) groups excluding carboxylic acids is 2. The van der Waals surface area contributed by atoms with E-state index in [1.54, 1.807) is 61.5 Å². The average Bonchev–Trinajstić information content (AvgIpc) is 2.88. The second kappa shape index (κ2) is 12.9. The van der Waals surface area contributed by atoms with Gasteiger partial charge in [0, 0.05) is 15.7 Å². The van der Waals surface area contributed by atoms with Crippen molar-refractivity contribution in [2.45, 2.75) is 57.1 Å². The van der Waals surface area contributed by atoms with Crippen molar-refractivity contribution in [1.82, 2.24) is 10.2 Å². The molecular weight excluding hydrogens is 632 g/mol. The number of anilines is 1. The van der Waals surface area contributed by atoms with Gasteiger partial charge in [-0.2, -0.15) is 0 Å². The summed E-state index contributed by atoms with van der Waals surface area (Å²) in [5.74, 6) is -1.34. The van der Waals surface area contributed by atoms with Crippen LogP contribution in [-0.2, 0) is 26.2 Å². The molecule has 0 aliphatic heterocycles. The Bertz CT molecular complexity index is 1380. The van der Waals surface area contributed by atoms with E-state index in [1.165, 1.54) is 29.2 Å². The fourth-order valence-electron chi connectivity index (χ4n) is 4.01. The predicted molar refractivity (Wildman–Crippen MR) is 159 cm³/mol. The van der Waals surface area contributed by atoms with Gasteiger partial charge in [0.15, 0.2) is 0 Å². The maximum atomic E-state index is 14.0. The maximum Gasteiger partial charge on any atom is 0.264 e. The number of sulfonamides is 1. The fraction of sp³-hybridized carbons (Fsp3) is 0.310. The van der Waals surface area contributed by atoms with E-state index in [0.717, 1.165) is 7.88 Å². The Morgan fingerprint density at radius 3 is 2.08 bits per heavy atom. The van der Waals surface area contributed by atoms with E-state index in [0.29, 0.717) is 17.7 Å². The Morgan fingerprint density at radius 2 is 1.54 bits per heavy atom. The summed E-state index contributed by atoms with van der Waals surface area (Å²) in [5.41, 5.74) is 0.388. The molecule has 1 atom stereocenters. The first-order chi connectivity index (χ1) is 18.3. The van der Waals surface area contributed by atoms with Crippen molar-refractivity contribution < 1.29 is 22.4 Å². The van der Waals surface area contributed by atoms with Crippen LogP contribution in [0.15, 0.2) is 83.8 Å². The van der Waals surface area contributed by atoms with Crippen molar-refractivity contribution in [2.75, 3.05) is 10.8 Å². The third kappa shape index (κ3) is 8.25. The summed E-state index contributed by atoms with van der Waals surface area (Å²) in [6, 6.07) is 19.5. The van der Waals surface area contributed by atoms with Gasteiger partial charge in [0.05, 0.1) is 10.6 Å². The minimum atomic E-state index is -4.12. The first kappa shape index (κ1) is 30.6. The zero-order chi connectivity index (χ0) is 28.8. The van der Waals surface area contributed by atoms with Gasteiger partial charge in [-0.25, -0.2) is 12.8 Å². The van der Waals surface area contributed by atoms with Crippen LogP contribution in [0.25, 0.3) is 0 Å². The Hall–Kier alpha value is -2.99. The SMILES string of the molecule is CC[C@@H](C(=O)NC(C)(C)C)N(Cc1ccc(F)cc1)C(=O)CN(c1ccc(I)cc1)S(=O)(=O)c1ccccc1. The van der Waals surface area contributed by atoms with Crippen LogP contribution in [0, 0.1) is 9.39 Å². The van der Waals surface area contributed by atoms with E-state index < -0.39 is 39.9 Å². The first-order valence-electron chi connectivity index (χ1n) is 12.5. The van der Waals surface area contributed by atoms with Crippen molar-refractivity contribution in [1.29, 1.82) is 0 Å². The van der Waals surface area contributed by atoms with Crippen LogP contribution >= 0.6 is 22.6 Å². The lowest BCUT2D eigenvalue weighted by atomic mass is 10.1. The number of halogens is 2. The monoisotopic (exact) mass is 665 g/mol. The van der Waals surface area contributed by atoms with Gasteiger partial charge in [0.2, 0.25) is 11.8 Å². The molecule has 0 aromatic heterocycles. The molecule has 0 spiro atoms. The van der Waals surface area contributed by atoms with Gasteiger partial charge in [-0.15, -0.1) is 0 Å². The molecule has 0 aliphatic rings. The van der Waals surface area contributed by atoms with E-state index in [1.807, 2.05) is 20.8 Å². The molecule has 2 amide bonds. The summed E-state index contributed by atoms with van der Waals surface area (Å²) < 4.78 is 43.1. The lowest BCUT2D eigenvalue weighted by Gasteiger charge is -2.34. The third-order valence-corrected chi connectivity index (χ3v) is 8.38. The van der Waals surface area contributed by atoms with Crippen molar-refractivity contribution in [3.63, 3.8) is 0 Å². The van der Waals surface area contributed by atoms with Gasteiger partial charge in [-0.05, 0) is 104 Å². The second-order valence-electron chi connectivity index (χ2n) is 10.1. The summed E-state index contributed by atoms with van der Waals surface area (Å²) >= 11 is 2.12. The van der Waals surface area contributed by atoms with Crippen molar-refractivity contribution in [3.8, 4) is 0 Å². The summed E-state index contributed by atoms with van der Waals surface area (Å²) in [5, 5.41) is 2.92. The van der Waals surface area contributed by atoms with Gasteiger partial charge in [-0.1, -0.05) is 37.3 Å². The lowest BCUT2D eigenvalue weighted by Crippen LogP contribution is -2.55. The van der Waals surface area contributed by atoms with Crippen LogP contribution in [0.4, 0.5) is 10.1 Å². The number of nitrogens with zero attached hydrogens (tertiary/aromatic N) is 2. The molecule has 0 saturated carbocycles.